The Bertz CT molecular complexity index is 864. The Morgan fingerprint density at radius 3 is 2.31 bits per heavy atom. The summed E-state index contributed by atoms with van der Waals surface area (Å²) in [4.78, 5) is 38.1. The number of amides is 1. The second kappa shape index (κ2) is 9.68. The maximum atomic E-state index is 13.9. The van der Waals surface area contributed by atoms with Crippen LogP contribution in [0.15, 0.2) is 48.5 Å². The van der Waals surface area contributed by atoms with E-state index in [0.717, 1.165) is 0 Å². The van der Waals surface area contributed by atoms with E-state index >= 15 is 0 Å². The van der Waals surface area contributed by atoms with Crippen LogP contribution in [0.3, 0.4) is 0 Å². The molecule has 1 aliphatic rings. The highest BCUT2D eigenvalue weighted by Crippen LogP contribution is 2.20. The molecule has 8 heteroatoms. The number of aldehydes is 1. The molecule has 1 saturated heterocycles. The number of hydrogen-bond donors (Lipinski definition) is 0. The topological polar surface area (TPSA) is 76.2 Å². The molecule has 0 bridgehead atoms. The Kier molecular flexibility index (Phi) is 6.78. The molecule has 1 fully saturated rings. The predicted octanol–water partition coefficient (Wildman–Crippen LogP) is 1.91. The van der Waals surface area contributed by atoms with Crippen LogP contribution < -0.4 is 9.64 Å². The molecule has 0 aromatic heterocycles. The molecule has 0 radical (unpaired) electrons. The monoisotopic (exact) mass is 400 g/mol. The maximum Gasteiger partial charge on any atom is 0.344 e. The smallest absolute Gasteiger partial charge is 0.344 e. The van der Waals surface area contributed by atoms with Gasteiger partial charge >= 0.3 is 5.97 Å². The van der Waals surface area contributed by atoms with Crippen molar-refractivity contribution in [2.24, 2.45) is 0 Å². The average molecular weight is 400 g/mol. The van der Waals surface area contributed by atoms with E-state index in [1.165, 1.54) is 6.07 Å². The SMILES string of the molecule is O=Cc1ccc(OCC(=O)OCC(=O)N2CCN(c3ccccc3F)CC2)cc1. The first-order valence-corrected chi connectivity index (χ1v) is 9.18. The van der Waals surface area contributed by atoms with Crippen LogP contribution in [0.2, 0.25) is 0 Å². The van der Waals surface area contributed by atoms with Gasteiger partial charge in [0.15, 0.2) is 13.2 Å². The Balaban J connectivity index is 1.38. The number of ether oxygens (including phenoxy) is 2. The number of carbonyl (C=O) groups excluding carboxylic acids is 3. The zero-order valence-corrected chi connectivity index (χ0v) is 15.8. The number of nitrogens with zero attached hydrogens (tertiary/aromatic N) is 2. The first-order chi connectivity index (χ1) is 14.1. The summed E-state index contributed by atoms with van der Waals surface area (Å²) in [6.07, 6.45) is 0.708. The molecule has 1 amide bonds. The van der Waals surface area contributed by atoms with Gasteiger partial charge in [-0.1, -0.05) is 12.1 Å². The Labute approximate surface area is 167 Å². The minimum Gasteiger partial charge on any atom is -0.482 e. The number of hydrogen-bond acceptors (Lipinski definition) is 6. The van der Waals surface area contributed by atoms with Crippen molar-refractivity contribution >= 4 is 23.9 Å². The normalized spacial score (nSPS) is 13.7. The van der Waals surface area contributed by atoms with Crippen molar-refractivity contribution in [2.75, 3.05) is 44.3 Å². The molecule has 2 aromatic carbocycles. The van der Waals surface area contributed by atoms with Gasteiger partial charge in [-0.3, -0.25) is 9.59 Å². The molecule has 0 saturated carbocycles. The molecular formula is C21H21FN2O5. The summed E-state index contributed by atoms with van der Waals surface area (Å²) >= 11 is 0. The number of para-hydroxylation sites is 1. The molecule has 2 aromatic rings. The van der Waals surface area contributed by atoms with E-state index in [0.29, 0.717) is 49.5 Å². The largest absolute Gasteiger partial charge is 0.482 e. The van der Waals surface area contributed by atoms with Crippen LogP contribution in [0.5, 0.6) is 5.75 Å². The molecule has 152 valence electrons. The molecule has 0 atom stereocenters. The Morgan fingerprint density at radius 2 is 1.66 bits per heavy atom. The van der Waals surface area contributed by atoms with Crippen molar-refractivity contribution in [2.45, 2.75) is 0 Å². The van der Waals surface area contributed by atoms with Gasteiger partial charge in [0.1, 0.15) is 17.9 Å². The molecule has 0 unspecified atom stereocenters. The molecule has 29 heavy (non-hydrogen) atoms. The van der Waals surface area contributed by atoms with E-state index in [1.54, 1.807) is 47.4 Å². The van der Waals surface area contributed by atoms with E-state index < -0.39 is 5.97 Å². The van der Waals surface area contributed by atoms with E-state index in [2.05, 4.69) is 0 Å². The summed E-state index contributed by atoms with van der Waals surface area (Å²) in [6.45, 7) is 1.14. The molecule has 7 nitrogen and oxygen atoms in total. The highest BCUT2D eigenvalue weighted by Gasteiger charge is 2.23. The number of benzene rings is 2. The molecule has 1 heterocycles. The number of piperazine rings is 1. The molecule has 0 spiro atoms. The van der Waals surface area contributed by atoms with Crippen LogP contribution in [-0.2, 0) is 14.3 Å². The third-order valence-electron chi connectivity index (χ3n) is 4.56. The van der Waals surface area contributed by atoms with Crippen molar-refractivity contribution in [3.63, 3.8) is 0 Å². The van der Waals surface area contributed by atoms with E-state index in [9.17, 15) is 18.8 Å². The van der Waals surface area contributed by atoms with Crippen molar-refractivity contribution in [3.05, 3.63) is 59.9 Å². The van der Waals surface area contributed by atoms with Gasteiger partial charge in [0.25, 0.3) is 5.91 Å². The van der Waals surface area contributed by atoms with Gasteiger partial charge in [0, 0.05) is 31.7 Å². The predicted molar refractivity (Wildman–Crippen MR) is 103 cm³/mol. The Hall–Kier alpha value is -3.42. The van der Waals surface area contributed by atoms with Crippen molar-refractivity contribution in [1.29, 1.82) is 0 Å². The summed E-state index contributed by atoms with van der Waals surface area (Å²) in [5.74, 6) is -0.838. The lowest BCUT2D eigenvalue weighted by Gasteiger charge is -2.36. The standard InChI is InChI=1S/C21H21FN2O5/c22-18-3-1-2-4-19(18)23-9-11-24(12-10-23)20(26)14-29-21(27)15-28-17-7-5-16(13-25)6-8-17/h1-8,13H,9-12,14-15H2. The van der Waals surface area contributed by atoms with Crippen molar-refractivity contribution < 1.29 is 28.2 Å². The quantitative estimate of drug-likeness (QED) is 0.522. The Morgan fingerprint density at radius 1 is 0.966 bits per heavy atom. The van der Waals surface area contributed by atoms with Gasteiger partial charge in [-0.2, -0.15) is 0 Å². The first-order valence-electron chi connectivity index (χ1n) is 9.18. The zero-order chi connectivity index (χ0) is 20.6. The minimum atomic E-state index is -0.664. The minimum absolute atomic E-state index is 0.290. The fourth-order valence-electron chi connectivity index (χ4n) is 2.97. The van der Waals surface area contributed by atoms with Gasteiger partial charge < -0.3 is 19.3 Å². The first kappa shape index (κ1) is 20.3. The van der Waals surface area contributed by atoms with Gasteiger partial charge in [-0.05, 0) is 36.4 Å². The number of carbonyl (C=O) groups is 3. The number of rotatable bonds is 7. The van der Waals surface area contributed by atoms with Crippen LogP contribution in [0.4, 0.5) is 10.1 Å². The maximum absolute atomic E-state index is 13.9. The fourth-order valence-corrected chi connectivity index (χ4v) is 2.97. The summed E-state index contributed by atoms with van der Waals surface area (Å²) in [5, 5.41) is 0. The van der Waals surface area contributed by atoms with Crippen molar-refractivity contribution in [3.8, 4) is 5.75 Å². The van der Waals surface area contributed by atoms with Crippen LogP contribution in [0, 0.1) is 5.82 Å². The van der Waals surface area contributed by atoms with Gasteiger partial charge in [-0.15, -0.1) is 0 Å². The number of anilines is 1. The van der Waals surface area contributed by atoms with Crippen LogP contribution in [-0.4, -0.2) is 62.5 Å². The highest BCUT2D eigenvalue weighted by molar-refractivity contribution is 5.81. The summed E-state index contributed by atoms with van der Waals surface area (Å²) in [6, 6.07) is 12.8. The van der Waals surface area contributed by atoms with E-state index in [4.69, 9.17) is 9.47 Å². The second-order valence-corrected chi connectivity index (χ2v) is 6.46. The average Bonchev–Trinajstić information content (AvgIpc) is 2.77. The molecular weight excluding hydrogens is 379 g/mol. The lowest BCUT2D eigenvalue weighted by atomic mass is 10.2. The number of halogens is 1. The van der Waals surface area contributed by atoms with Crippen LogP contribution >= 0.6 is 0 Å². The molecule has 0 aliphatic carbocycles. The van der Waals surface area contributed by atoms with Crippen LogP contribution in [0.25, 0.3) is 0 Å². The van der Waals surface area contributed by atoms with Crippen LogP contribution in [0.1, 0.15) is 10.4 Å². The molecule has 0 N–H and O–H groups in total. The summed E-state index contributed by atoms with van der Waals surface area (Å²) in [7, 11) is 0. The third kappa shape index (κ3) is 5.54. The lowest BCUT2D eigenvalue weighted by Crippen LogP contribution is -2.50. The van der Waals surface area contributed by atoms with E-state index in [1.807, 2.05) is 4.90 Å². The molecule has 1 aliphatic heterocycles. The lowest BCUT2D eigenvalue weighted by molar-refractivity contribution is -0.153. The fraction of sp³-hybridized carbons (Fsp3) is 0.286. The summed E-state index contributed by atoms with van der Waals surface area (Å²) in [5.41, 5.74) is 1.02. The van der Waals surface area contributed by atoms with Crippen molar-refractivity contribution in [1.82, 2.24) is 4.90 Å². The summed E-state index contributed by atoms with van der Waals surface area (Å²) < 4.78 is 24.1. The van der Waals surface area contributed by atoms with Gasteiger partial charge in [0.05, 0.1) is 5.69 Å². The second-order valence-electron chi connectivity index (χ2n) is 6.46. The highest BCUT2D eigenvalue weighted by atomic mass is 19.1. The van der Waals surface area contributed by atoms with Gasteiger partial charge in [0.2, 0.25) is 0 Å². The third-order valence-corrected chi connectivity index (χ3v) is 4.56. The van der Waals surface area contributed by atoms with E-state index in [-0.39, 0.29) is 24.9 Å². The zero-order valence-electron chi connectivity index (χ0n) is 15.8. The molecule has 3 rings (SSSR count). The van der Waals surface area contributed by atoms with Gasteiger partial charge in [-0.25, -0.2) is 9.18 Å². The number of esters is 1.